The van der Waals surface area contributed by atoms with Crippen LogP contribution in [0, 0.1) is 11.7 Å². The van der Waals surface area contributed by atoms with E-state index in [-0.39, 0.29) is 22.0 Å². The highest BCUT2D eigenvalue weighted by molar-refractivity contribution is 6.42. The van der Waals surface area contributed by atoms with Crippen molar-refractivity contribution >= 4 is 23.2 Å². The van der Waals surface area contributed by atoms with E-state index in [1.54, 1.807) is 6.07 Å². The highest BCUT2D eigenvalue weighted by Gasteiger charge is 2.14. The molecule has 0 spiro atoms. The molecule has 14 heavy (non-hydrogen) atoms. The molecule has 0 aliphatic carbocycles. The molecule has 0 bridgehead atoms. The second-order valence-corrected chi connectivity index (χ2v) is 4.35. The first-order valence-electron chi connectivity index (χ1n) is 4.33. The van der Waals surface area contributed by atoms with Gasteiger partial charge < -0.3 is 5.73 Å². The van der Waals surface area contributed by atoms with Crippen LogP contribution >= 0.6 is 23.2 Å². The van der Waals surface area contributed by atoms with E-state index in [1.807, 2.05) is 13.8 Å². The zero-order chi connectivity index (χ0) is 10.9. The maximum absolute atomic E-state index is 13.2. The summed E-state index contributed by atoms with van der Waals surface area (Å²) in [5.74, 6) is -0.295. The van der Waals surface area contributed by atoms with Crippen LogP contribution in [0.3, 0.4) is 0 Å². The van der Waals surface area contributed by atoms with Crippen LogP contribution in [-0.2, 0) is 0 Å². The van der Waals surface area contributed by atoms with Crippen LogP contribution in [0.1, 0.15) is 25.5 Å². The number of hydrogen-bond acceptors (Lipinski definition) is 1. The third kappa shape index (κ3) is 2.38. The molecule has 1 nitrogen and oxygen atoms in total. The number of benzene rings is 1. The quantitative estimate of drug-likeness (QED) is 0.776. The number of nitrogens with two attached hydrogens (primary N) is 1. The number of halogens is 3. The molecule has 1 aromatic rings. The van der Waals surface area contributed by atoms with E-state index in [0.717, 1.165) is 0 Å². The summed E-state index contributed by atoms with van der Waals surface area (Å²) in [6.07, 6.45) is 0. The zero-order valence-corrected chi connectivity index (χ0v) is 9.53. The van der Waals surface area contributed by atoms with Crippen molar-refractivity contribution in [3.05, 3.63) is 33.6 Å². The minimum atomic E-state index is -0.523. The molecular weight excluding hydrogens is 224 g/mol. The Bertz CT molecular complexity index is 316. The van der Waals surface area contributed by atoms with Gasteiger partial charge in [-0.25, -0.2) is 4.39 Å². The van der Waals surface area contributed by atoms with E-state index in [4.69, 9.17) is 28.9 Å². The van der Waals surface area contributed by atoms with Gasteiger partial charge in [0, 0.05) is 6.04 Å². The third-order valence-corrected chi connectivity index (χ3v) is 2.89. The van der Waals surface area contributed by atoms with Gasteiger partial charge in [0.15, 0.2) is 0 Å². The third-order valence-electron chi connectivity index (χ3n) is 2.11. The van der Waals surface area contributed by atoms with E-state index in [2.05, 4.69) is 0 Å². The monoisotopic (exact) mass is 235 g/mol. The first kappa shape index (κ1) is 11.8. The summed E-state index contributed by atoms with van der Waals surface area (Å²) in [5.41, 5.74) is 6.53. The van der Waals surface area contributed by atoms with Crippen molar-refractivity contribution in [3.8, 4) is 0 Å². The Kier molecular flexibility index (Phi) is 3.76. The number of hydrogen-bond donors (Lipinski definition) is 1. The number of rotatable bonds is 2. The van der Waals surface area contributed by atoms with Crippen LogP contribution in [0.25, 0.3) is 0 Å². The molecule has 2 N–H and O–H groups in total. The fourth-order valence-electron chi connectivity index (χ4n) is 1.15. The Morgan fingerprint density at radius 3 is 2.29 bits per heavy atom. The topological polar surface area (TPSA) is 26.0 Å². The lowest BCUT2D eigenvalue weighted by molar-refractivity contribution is 0.510. The van der Waals surface area contributed by atoms with Gasteiger partial charge in [0.05, 0.1) is 10.0 Å². The van der Waals surface area contributed by atoms with E-state index >= 15 is 0 Å². The highest BCUT2D eigenvalue weighted by atomic mass is 35.5. The second kappa shape index (κ2) is 4.47. The molecule has 1 rings (SSSR count). The Balaban J connectivity index is 3.12. The summed E-state index contributed by atoms with van der Waals surface area (Å²) >= 11 is 11.3. The average molecular weight is 236 g/mol. The van der Waals surface area contributed by atoms with Crippen molar-refractivity contribution in [3.63, 3.8) is 0 Å². The van der Waals surface area contributed by atoms with Gasteiger partial charge in [-0.2, -0.15) is 0 Å². The maximum Gasteiger partial charge on any atom is 0.143 e. The van der Waals surface area contributed by atoms with Crippen molar-refractivity contribution in [2.75, 3.05) is 0 Å². The van der Waals surface area contributed by atoms with Crippen LogP contribution < -0.4 is 5.73 Å². The van der Waals surface area contributed by atoms with Gasteiger partial charge in [-0.15, -0.1) is 0 Å². The average Bonchev–Trinajstić information content (AvgIpc) is 2.12. The molecule has 78 valence electrons. The van der Waals surface area contributed by atoms with E-state index in [9.17, 15) is 4.39 Å². The largest absolute Gasteiger partial charge is 0.324 e. The van der Waals surface area contributed by atoms with Gasteiger partial charge in [0.2, 0.25) is 0 Å². The fraction of sp³-hybridized carbons (Fsp3) is 0.400. The molecule has 4 heteroatoms. The summed E-state index contributed by atoms with van der Waals surface area (Å²) in [7, 11) is 0. The van der Waals surface area contributed by atoms with E-state index < -0.39 is 5.82 Å². The molecule has 0 unspecified atom stereocenters. The van der Waals surface area contributed by atoms with Crippen LogP contribution in [-0.4, -0.2) is 0 Å². The van der Waals surface area contributed by atoms with Gasteiger partial charge >= 0.3 is 0 Å². The predicted octanol–water partition coefficient (Wildman–Crippen LogP) is 3.79. The fourth-order valence-corrected chi connectivity index (χ4v) is 1.48. The smallest absolute Gasteiger partial charge is 0.143 e. The Morgan fingerprint density at radius 1 is 1.29 bits per heavy atom. The minimum absolute atomic E-state index is 0.0497. The van der Waals surface area contributed by atoms with Crippen molar-refractivity contribution in [1.29, 1.82) is 0 Å². The van der Waals surface area contributed by atoms with Crippen molar-refractivity contribution in [1.82, 2.24) is 0 Å². The lowest BCUT2D eigenvalue weighted by Crippen LogP contribution is -2.16. The molecule has 0 aliphatic rings. The van der Waals surface area contributed by atoms with E-state index in [1.165, 1.54) is 6.07 Å². The molecule has 0 fully saturated rings. The first-order valence-corrected chi connectivity index (χ1v) is 5.09. The second-order valence-electron chi connectivity index (χ2n) is 3.57. The predicted molar refractivity (Wildman–Crippen MR) is 58.2 cm³/mol. The van der Waals surface area contributed by atoms with Crippen LogP contribution in [0.4, 0.5) is 4.39 Å². The van der Waals surface area contributed by atoms with Gasteiger partial charge in [0.25, 0.3) is 0 Å². The van der Waals surface area contributed by atoms with Crippen LogP contribution in [0.2, 0.25) is 10.0 Å². The van der Waals surface area contributed by atoms with Gasteiger partial charge in [-0.05, 0) is 23.6 Å². The molecular formula is C10H12Cl2FN. The molecule has 1 atom stereocenters. The minimum Gasteiger partial charge on any atom is -0.324 e. The molecule has 0 saturated carbocycles. The Labute approximate surface area is 93.0 Å². The molecule has 0 heterocycles. The summed E-state index contributed by atoms with van der Waals surface area (Å²) < 4.78 is 13.2. The van der Waals surface area contributed by atoms with Crippen molar-refractivity contribution in [2.45, 2.75) is 19.9 Å². The van der Waals surface area contributed by atoms with Crippen molar-refractivity contribution < 1.29 is 4.39 Å². The molecule has 1 aromatic carbocycles. The SMILES string of the molecule is CC(C)[C@@H](N)c1cc(F)c(Cl)c(Cl)c1. The van der Waals surface area contributed by atoms with Gasteiger partial charge in [-0.1, -0.05) is 37.0 Å². The molecule has 0 radical (unpaired) electrons. The lowest BCUT2D eigenvalue weighted by Gasteiger charge is -2.16. The summed E-state index contributed by atoms with van der Waals surface area (Å²) in [5, 5.41) is 0.157. The Hall–Kier alpha value is -0.310. The van der Waals surface area contributed by atoms with Gasteiger partial charge in [-0.3, -0.25) is 0 Å². The Morgan fingerprint density at radius 2 is 1.86 bits per heavy atom. The van der Waals surface area contributed by atoms with Crippen molar-refractivity contribution in [2.24, 2.45) is 11.7 Å². The first-order chi connectivity index (χ1) is 6.43. The lowest BCUT2D eigenvalue weighted by atomic mass is 9.97. The standard InChI is InChI=1S/C10H12Cl2FN/c1-5(2)10(14)6-3-7(11)9(12)8(13)4-6/h3-5,10H,14H2,1-2H3/t10-/m1/s1. The highest BCUT2D eigenvalue weighted by Crippen LogP contribution is 2.30. The summed E-state index contributed by atoms with van der Waals surface area (Å²) in [6, 6.07) is 2.72. The molecule has 0 aliphatic heterocycles. The summed E-state index contributed by atoms with van der Waals surface area (Å²) in [6.45, 7) is 3.93. The maximum atomic E-state index is 13.2. The zero-order valence-electron chi connectivity index (χ0n) is 8.02. The normalized spacial score (nSPS) is 13.4. The van der Waals surface area contributed by atoms with Crippen LogP contribution in [0.5, 0.6) is 0 Å². The molecule has 0 amide bonds. The molecule has 0 saturated heterocycles. The summed E-state index contributed by atoms with van der Waals surface area (Å²) in [4.78, 5) is 0. The van der Waals surface area contributed by atoms with E-state index in [0.29, 0.717) is 5.56 Å². The van der Waals surface area contributed by atoms with Gasteiger partial charge in [0.1, 0.15) is 5.82 Å². The molecule has 0 aromatic heterocycles. The van der Waals surface area contributed by atoms with Crippen LogP contribution in [0.15, 0.2) is 12.1 Å².